The molecule has 0 aromatic carbocycles. The number of hydrogen-bond acceptors (Lipinski definition) is 8. The van der Waals surface area contributed by atoms with Gasteiger partial charge in [-0.3, -0.25) is 9.59 Å². The number of primary amides is 2. The van der Waals surface area contributed by atoms with Gasteiger partial charge in [-0.25, -0.2) is 15.0 Å². The molecule has 1 aliphatic rings. The average Bonchev–Trinajstić information content (AvgIpc) is 3.40. The molecule has 1 saturated carbocycles. The zero-order chi connectivity index (χ0) is 19.7. The number of nitrogens with zero attached hydrogens (tertiary/aromatic N) is 3. The van der Waals surface area contributed by atoms with Gasteiger partial charge in [-0.05, 0) is 24.5 Å². The highest BCUT2D eigenvalue weighted by molar-refractivity contribution is 7.17. The fraction of sp³-hybridized carbons (Fsp3) is 0.278. The Labute approximate surface area is 164 Å². The van der Waals surface area contributed by atoms with Crippen molar-refractivity contribution in [3.8, 4) is 0 Å². The first-order chi connectivity index (χ1) is 13.5. The summed E-state index contributed by atoms with van der Waals surface area (Å²) in [6, 6.07) is 3.20. The van der Waals surface area contributed by atoms with Crippen LogP contribution in [-0.2, 0) is 4.79 Å². The molecule has 3 aromatic heterocycles. The van der Waals surface area contributed by atoms with Crippen LogP contribution in [0.15, 0.2) is 29.9 Å². The zero-order valence-electron chi connectivity index (χ0n) is 14.9. The minimum Gasteiger partial charge on any atom is -0.368 e. The molecule has 1 fully saturated rings. The molecule has 144 valence electrons. The van der Waals surface area contributed by atoms with Gasteiger partial charge in [0.25, 0.3) is 5.91 Å². The molecule has 3 heterocycles. The topological polar surface area (TPSA) is 149 Å². The lowest BCUT2D eigenvalue weighted by molar-refractivity contribution is -0.118. The van der Waals surface area contributed by atoms with Gasteiger partial charge in [0.05, 0.1) is 11.9 Å². The van der Waals surface area contributed by atoms with Gasteiger partial charge in [0.2, 0.25) is 5.91 Å². The maximum Gasteiger partial charge on any atom is 0.271 e. The first-order valence-electron chi connectivity index (χ1n) is 8.83. The van der Waals surface area contributed by atoms with Crippen LogP contribution in [0.2, 0.25) is 0 Å². The lowest BCUT2D eigenvalue weighted by Crippen LogP contribution is -2.36. The molecule has 1 aliphatic carbocycles. The minimum atomic E-state index is -0.705. The number of nitrogens with two attached hydrogens (primary N) is 2. The Balaban J connectivity index is 1.63. The molecule has 0 spiro atoms. The molecule has 3 aromatic rings. The molecule has 6 N–H and O–H groups in total. The molecule has 1 unspecified atom stereocenters. The number of carbonyl (C=O) groups excluding carboxylic acids is 2. The summed E-state index contributed by atoms with van der Waals surface area (Å²) in [6.07, 6.45) is 5.94. The SMILES string of the molecule is NC(=O)c1ncc(NC(CC2CC2)C(N)=O)nc1Nc1csc2ncccc12. The van der Waals surface area contributed by atoms with E-state index >= 15 is 0 Å². The summed E-state index contributed by atoms with van der Waals surface area (Å²) in [5, 5.41) is 8.91. The van der Waals surface area contributed by atoms with Crippen molar-refractivity contribution in [3.63, 3.8) is 0 Å². The van der Waals surface area contributed by atoms with Crippen molar-refractivity contribution in [2.75, 3.05) is 10.6 Å². The summed E-state index contributed by atoms with van der Waals surface area (Å²) in [5.74, 6) is -0.101. The molecular formula is C18H19N7O2S. The Kier molecular flexibility index (Phi) is 4.78. The summed E-state index contributed by atoms with van der Waals surface area (Å²) in [7, 11) is 0. The summed E-state index contributed by atoms with van der Waals surface area (Å²) in [6.45, 7) is 0. The molecule has 9 nitrogen and oxygen atoms in total. The number of fused-ring (bicyclic) bond motifs is 1. The van der Waals surface area contributed by atoms with Crippen molar-refractivity contribution in [1.29, 1.82) is 0 Å². The van der Waals surface area contributed by atoms with Crippen molar-refractivity contribution < 1.29 is 9.59 Å². The van der Waals surface area contributed by atoms with Crippen molar-refractivity contribution in [3.05, 3.63) is 35.6 Å². The van der Waals surface area contributed by atoms with Gasteiger partial charge in [-0.15, -0.1) is 11.3 Å². The second-order valence-electron chi connectivity index (χ2n) is 6.73. The Hall–Kier alpha value is -3.27. The quantitative estimate of drug-likeness (QED) is 0.454. The Morgan fingerprint density at radius 3 is 2.82 bits per heavy atom. The standard InChI is InChI=1S/C18H19N7O2S/c19-15(26)11(6-9-3-4-9)23-13-7-22-14(16(20)27)17(25-13)24-12-8-28-18-10(12)2-1-5-21-18/h1-2,5,7-9,11H,3-4,6H2,(H2,19,26)(H2,20,27)(H2,23,24,25). The van der Waals surface area contributed by atoms with Gasteiger partial charge in [0, 0.05) is 17.0 Å². The zero-order valence-corrected chi connectivity index (χ0v) is 15.7. The number of hydrogen-bond donors (Lipinski definition) is 4. The molecule has 0 radical (unpaired) electrons. The number of pyridine rings is 1. The predicted molar refractivity (Wildman–Crippen MR) is 107 cm³/mol. The van der Waals surface area contributed by atoms with Gasteiger partial charge in [0.1, 0.15) is 16.7 Å². The van der Waals surface area contributed by atoms with E-state index in [0.29, 0.717) is 18.2 Å². The molecule has 10 heteroatoms. The first-order valence-corrected chi connectivity index (χ1v) is 9.71. The number of aromatic nitrogens is 3. The molecule has 0 bridgehead atoms. The second-order valence-corrected chi connectivity index (χ2v) is 7.58. The van der Waals surface area contributed by atoms with E-state index in [9.17, 15) is 9.59 Å². The van der Waals surface area contributed by atoms with Crippen LogP contribution in [0.5, 0.6) is 0 Å². The van der Waals surface area contributed by atoms with E-state index in [0.717, 1.165) is 28.7 Å². The van der Waals surface area contributed by atoms with E-state index in [-0.39, 0.29) is 11.5 Å². The number of amides is 2. The van der Waals surface area contributed by atoms with Crippen LogP contribution in [0.25, 0.3) is 10.2 Å². The van der Waals surface area contributed by atoms with Crippen LogP contribution in [0.3, 0.4) is 0 Å². The second kappa shape index (κ2) is 7.39. The fourth-order valence-corrected chi connectivity index (χ4v) is 3.77. The average molecular weight is 397 g/mol. The van der Waals surface area contributed by atoms with E-state index in [1.807, 2.05) is 17.5 Å². The summed E-state index contributed by atoms with van der Waals surface area (Å²) in [4.78, 5) is 37.2. The number of rotatable bonds is 8. The highest BCUT2D eigenvalue weighted by Crippen LogP contribution is 2.34. The fourth-order valence-electron chi connectivity index (χ4n) is 2.93. The Morgan fingerprint density at radius 2 is 2.11 bits per heavy atom. The Bertz CT molecular complexity index is 1050. The summed E-state index contributed by atoms with van der Waals surface area (Å²) < 4.78 is 0. The van der Waals surface area contributed by atoms with Crippen LogP contribution in [-0.4, -0.2) is 32.8 Å². The van der Waals surface area contributed by atoms with Crippen molar-refractivity contribution in [2.24, 2.45) is 17.4 Å². The minimum absolute atomic E-state index is 0.00612. The van der Waals surface area contributed by atoms with Gasteiger partial charge in [-0.1, -0.05) is 12.8 Å². The monoisotopic (exact) mass is 397 g/mol. The van der Waals surface area contributed by atoms with Crippen molar-refractivity contribution >= 4 is 50.7 Å². The smallest absolute Gasteiger partial charge is 0.271 e. The van der Waals surface area contributed by atoms with Gasteiger partial charge in [-0.2, -0.15) is 0 Å². The van der Waals surface area contributed by atoms with Crippen molar-refractivity contribution in [1.82, 2.24) is 15.0 Å². The first kappa shape index (κ1) is 18.1. The number of thiophene rings is 1. The van der Waals surface area contributed by atoms with Crippen LogP contribution in [0, 0.1) is 5.92 Å². The summed E-state index contributed by atoms with van der Waals surface area (Å²) >= 11 is 1.47. The van der Waals surface area contributed by atoms with Crippen LogP contribution < -0.4 is 22.1 Å². The molecule has 0 saturated heterocycles. The van der Waals surface area contributed by atoms with Crippen LogP contribution in [0.4, 0.5) is 17.3 Å². The number of carbonyl (C=O) groups is 2. The third-order valence-corrected chi connectivity index (χ3v) is 5.44. The highest BCUT2D eigenvalue weighted by Gasteiger charge is 2.28. The molecule has 28 heavy (non-hydrogen) atoms. The van der Waals surface area contributed by atoms with E-state index in [2.05, 4.69) is 25.6 Å². The number of nitrogens with one attached hydrogen (secondary N) is 2. The van der Waals surface area contributed by atoms with Gasteiger partial charge in [0.15, 0.2) is 11.5 Å². The maximum absolute atomic E-state index is 11.8. The van der Waals surface area contributed by atoms with Crippen molar-refractivity contribution in [2.45, 2.75) is 25.3 Å². The van der Waals surface area contributed by atoms with Crippen LogP contribution in [0.1, 0.15) is 29.8 Å². The van der Waals surface area contributed by atoms with Crippen LogP contribution >= 0.6 is 11.3 Å². The predicted octanol–water partition coefficient (Wildman–Crippen LogP) is 1.99. The number of anilines is 3. The molecule has 2 amide bonds. The summed E-state index contributed by atoms with van der Waals surface area (Å²) in [5.41, 5.74) is 11.7. The van der Waals surface area contributed by atoms with E-state index in [1.165, 1.54) is 17.5 Å². The molecule has 0 aliphatic heterocycles. The normalized spacial score (nSPS) is 14.6. The molecular weight excluding hydrogens is 378 g/mol. The van der Waals surface area contributed by atoms with E-state index < -0.39 is 17.9 Å². The lowest BCUT2D eigenvalue weighted by Gasteiger charge is -2.17. The van der Waals surface area contributed by atoms with E-state index in [1.54, 1.807) is 6.20 Å². The Morgan fingerprint density at radius 1 is 1.29 bits per heavy atom. The lowest BCUT2D eigenvalue weighted by atomic mass is 10.1. The van der Waals surface area contributed by atoms with Gasteiger partial charge < -0.3 is 22.1 Å². The molecule has 4 rings (SSSR count). The maximum atomic E-state index is 11.8. The van der Waals surface area contributed by atoms with Gasteiger partial charge >= 0.3 is 0 Å². The third-order valence-electron chi connectivity index (χ3n) is 4.54. The molecule has 1 atom stereocenters. The van der Waals surface area contributed by atoms with E-state index in [4.69, 9.17) is 11.5 Å². The third kappa shape index (κ3) is 3.86. The largest absolute Gasteiger partial charge is 0.368 e. The highest BCUT2D eigenvalue weighted by atomic mass is 32.1.